The number of nitrogens with one attached hydrogen (secondary N) is 2. The van der Waals surface area contributed by atoms with Crippen LogP contribution in [-0.4, -0.2) is 10.9 Å². The molecule has 2 N–H and O–H groups in total. The number of hydrogen-bond acceptors (Lipinski definition) is 1. The lowest BCUT2D eigenvalue weighted by Crippen LogP contribution is -2.23. The van der Waals surface area contributed by atoms with Crippen molar-refractivity contribution in [3.8, 4) is 0 Å². The molecule has 0 unspecified atom stereocenters. The van der Waals surface area contributed by atoms with Crippen molar-refractivity contribution < 1.29 is 4.79 Å². The number of H-pyrrole nitrogens is 1. The average molecular weight is 313 g/mol. The van der Waals surface area contributed by atoms with Gasteiger partial charge in [-0.25, -0.2) is 0 Å². The molecule has 0 spiro atoms. The molecule has 3 rings (SSSR count). The van der Waals surface area contributed by atoms with Gasteiger partial charge in [0.15, 0.2) is 0 Å². The van der Waals surface area contributed by atoms with Gasteiger partial charge in [-0.05, 0) is 48.7 Å². The van der Waals surface area contributed by atoms with Crippen molar-refractivity contribution >= 4 is 28.4 Å². The van der Waals surface area contributed by atoms with Crippen molar-refractivity contribution in [2.75, 3.05) is 0 Å². The van der Waals surface area contributed by atoms with E-state index in [9.17, 15) is 4.79 Å². The summed E-state index contributed by atoms with van der Waals surface area (Å²) in [5, 5.41) is 4.71. The average Bonchev–Trinajstić information content (AvgIpc) is 2.83. The zero-order valence-corrected chi connectivity index (χ0v) is 13.3. The van der Waals surface area contributed by atoms with Gasteiger partial charge in [-0.15, -0.1) is 0 Å². The Hall–Kier alpha value is -2.26. The van der Waals surface area contributed by atoms with Gasteiger partial charge in [0, 0.05) is 22.5 Å². The zero-order chi connectivity index (χ0) is 15.7. The van der Waals surface area contributed by atoms with Crippen LogP contribution in [0.4, 0.5) is 0 Å². The second-order valence-electron chi connectivity index (χ2n) is 5.48. The summed E-state index contributed by atoms with van der Waals surface area (Å²) in [6.45, 7) is 4.48. The van der Waals surface area contributed by atoms with Crippen LogP contribution < -0.4 is 5.32 Å². The minimum atomic E-state index is -0.0960. The van der Waals surface area contributed by atoms with Gasteiger partial charge in [0.2, 0.25) is 0 Å². The van der Waals surface area contributed by atoms with Crippen molar-refractivity contribution in [1.82, 2.24) is 10.3 Å². The van der Waals surface area contributed by atoms with E-state index in [0.29, 0.717) is 17.3 Å². The Morgan fingerprint density at radius 1 is 1.14 bits per heavy atom. The molecule has 0 aliphatic heterocycles. The van der Waals surface area contributed by atoms with Crippen molar-refractivity contribution in [2.24, 2.45) is 0 Å². The van der Waals surface area contributed by atoms with Crippen molar-refractivity contribution in [3.63, 3.8) is 0 Å². The number of amides is 1. The number of fused-ring (bicyclic) bond motifs is 1. The molecule has 0 fully saturated rings. The quantitative estimate of drug-likeness (QED) is 0.741. The molecule has 3 nitrogen and oxygen atoms in total. The highest BCUT2D eigenvalue weighted by molar-refractivity contribution is 6.30. The van der Waals surface area contributed by atoms with Crippen molar-refractivity contribution in [2.45, 2.75) is 20.4 Å². The fourth-order valence-electron chi connectivity index (χ4n) is 2.55. The highest BCUT2D eigenvalue weighted by atomic mass is 35.5. The first-order valence-corrected chi connectivity index (χ1v) is 7.54. The first kappa shape index (κ1) is 14.7. The molecule has 0 aliphatic carbocycles. The largest absolute Gasteiger partial charge is 0.350 e. The second kappa shape index (κ2) is 5.85. The van der Waals surface area contributed by atoms with Crippen LogP contribution in [0.3, 0.4) is 0 Å². The molecule has 1 heterocycles. The Bertz CT molecular complexity index is 834. The monoisotopic (exact) mass is 312 g/mol. The maximum Gasteiger partial charge on any atom is 0.268 e. The standard InChI is InChI=1S/C18H17ClN2O/c1-11-3-8-15-12(2)17(21-16(15)9-11)18(22)20-10-13-4-6-14(19)7-5-13/h3-9,21H,10H2,1-2H3,(H,20,22). The van der Waals surface area contributed by atoms with Crippen LogP contribution in [0.25, 0.3) is 10.9 Å². The van der Waals surface area contributed by atoms with Crippen LogP contribution in [0, 0.1) is 13.8 Å². The number of benzene rings is 2. The molecule has 2 aromatic carbocycles. The molecule has 1 amide bonds. The van der Waals surface area contributed by atoms with Gasteiger partial charge >= 0.3 is 0 Å². The van der Waals surface area contributed by atoms with E-state index in [1.165, 1.54) is 5.56 Å². The predicted molar refractivity (Wildman–Crippen MR) is 90.4 cm³/mol. The third-order valence-corrected chi connectivity index (χ3v) is 4.06. The Morgan fingerprint density at radius 3 is 2.59 bits per heavy atom. The third kappa shape index (κ3) is 2.85. The number of hydrogen-bond donors (Lipinski definition) is 2. The Labute approximate surface area is 134 Å². The van der Waals surface area contributed by atoms with E-state index < -0.39 is 0 Å². The van der Waals surface area contributed by atoms with E-state index in [0.717, 1.165) is 22.0 Å². The van der Waals surface area contributed by atoms with Gasteiger partial charge in [0.25, 0.3) is 5.91 Å². The SMILES string of the molecule is Cc1ccc2c(C)c(C(=O)NCc3ccc(Cl)cc3)[nH]c2c1. The van der Waals surface area contributed by atoms with E-state index in [1.54, 1.807) is 0 Å². The summed E-state index contributed by atoms with van der Waals surface area (Å²) in [5.74, 6) is -0.0960. The highest BCUT2D eigenvalue weighted by Gasteiger charge is 2.14. The molecule has 4 heteroatoms. The molecule has 0 saturated carbocycles. The lowest BCUT2D eigenvalue weighted by molar-refractivity contribution is 0.0946. The smallest absolute Gasteiger partial charge is 0.268 e. The molecule has 112 valence electrons. The van der Waals surface area contributed by atoms with E-state index in [1.807, 2.05) is 44.2 Å². The number of aromatic nitrogens is 1. The van der Waals surface area contributed by atoms with Crippen LogP contribution in [0.2, 0.25) is 5.02 Å². The number of aromatic amines is 1. The van der Waals surface area contributed by atoms with Crippen molar-refractivity contribution in [1.29, 1.82) is 0 Å². The van der Waals surface area contributed by atoms with Crippen LogP contribution in [0.15, 0.2) is 42.5 Å². The topological polar surface area (TPSA) is 44.9 Å². The van der Waals surface area contributed by atoms with Gasteiger partial charge in [0.05, 0.1) is 0 Å². The van der Waals surface area contributed by atoms with E-state index in [2.05, 4.69) is 22.4 Å². The molecule has 0 atom stereocenters. The lowest BCUT2D eigenvalue weighted by atomic mass is 10.1. The first-order valence-electron chi connectivity index (χ1n) is 7.16. The summed E-state index contributed by atoms with van der Waals surface area (Å²) in [6.07, 6.45) is 0. The number of aryl methyl sites for hydroxylation is 2. The maximum absolute atomic E-state index is 12.4. The van der Waals surface area contributed by atoms with Crippen LogP contribution in [0.1, 0.15) is 27.2 Å². The lowest BCUT2D eigenvalue weighted by Gasteiger charge is -2.05. The molecule has 0 bridgehead atoms. The van der Waals surface area contributed by atoms with E-state index in [-0.39, 0.29) is 5.91 Å². The molecule has 3 aromatic rings. The van der Waals surface area contributed by atoms with Gasteiger partial charge < -0.3 is 10.3 Å². The summed E-state index contributed by atoms with van der Waals surface area (Å²) in [7, 11) is 0. The molecule has 0 aliphatic rings. The minimum Gasteiger partial charge on any atom is -0.350 e. The number of halogens is 1. The third-order valence-electron chi connectivity index (χ3n) is 3.81. The summed E-state index contributed by atoms with van der Waals surface area (Å²) in [4.78, 5) is 15.6. The predicted octanol–water partition coefficient (Wildman–Crippen LogP) is 4.37. The van der Waals surface area contributed by atoms with Gasteiger partial charge in [-0.2, -0.15) is 0 Å². The fourth-order valence-corrected chi connectivity index (χ4v) is 2.68. The number of rotatable bonds is 3. The number of carbonyl (C=O) groups is 1. The summed E-state index contributed by atoms with van der Waals surface area (Å²) in [6, 6.07) is 13.6. The normalized spacial score (nSPS) is 10.9. The van der Waals surface area contributed by atoms with Crippen LogP contribution in [-0.2, 0) is 6.54 Å². The van der Waals surface area contributed by atoms with Crippen LogP contribution in [0.5, 0.6) is 0 Å². The zero-order valence-electron chi connectivity index (χ0n) is 12.5. The summed E-state index contributed by atoms with van der Waals surface area (Å²) < 4.78 is 0. The van der Waals surface area contributed by atoms with Gasteiger partial charge in [-0.1, -0.05) is 35.9 Å². The maximum atomic E-state index is 12.4. The first-order chi connectivity index (χ1) is 10.5. The molecular weight excluding hydrogens is 296 g/mol. The fraction of sp³-hybridized carbons (Fsp3) is 0.167. The Balaban J connectivity index is 1.80. The Morgan fingerprint density at radius 2 is 1.86 bits per heavy atom. The molecule has 0 radical (unpaired) electrons. The summed E-state index contributed by atoms with van der Waals surface area (Å²) in [5.41, 5.74) is 4.77. The molecule has 1 aromatic heterocycles. The van der Waals surface area contributed by atoms with Crippen LogP contribution >= 0.6 is 11.6 Å². The van der Waals surface area contributed by atoms with Gasteiger partial charge in [-0.3, -0.25) is 4.79 Å². The molecule has 22 heavy (non-hydrogen) atoms. The highest BCUT2D eigenvalue weighted by Crippen LogP contribution is 2.22. The molecular formula is C18H17ClN2O. The van der Waals surface area contributed by atoms with E-state index in [4.69, 9.17) is 11.6 Å². The summed E-state index contributed by atoms with van der Waals surface area (Å²) >= 11 is 5.86. The van der Waals surface area contributed by atoms with Crippen molar-refractivity contribution in [3.05, 3.63) is 69.9 Å². The van der Waals surface area contributed by atoms with Gasteiger partial charge in [0.1, 0.15) is 5.69 Å². The van der Waals surface area contributed by atoms with E-state index >= 15 is 0 Å². The minimum absolute atomic E-state index is 0.0960. The number of carbonyl (C=O) groups excluding carboxylic acids is 1. The molecule has 0 saturated heterocycles. The Kier molecular flexibility index (Phi) is 3.90. The second-order valence-corrected chi connectivity index (χ2v) is 5.92.